The molecule has 0 saturated carbocycles. The van der Waals surface area contributed by atoms with Gasteiger partial charge in [0.2, 0.25) is 12.3 Å². The fourth-order valence-corrected chi connectivity index (χ4v) is 5.14. The molecule has 0 bridgehead atoms. The molecule has 3 aromatic rings. The zero-order valence-corrected chi connectivity index (χ0v) is 22.9. The number of halogens is 2. The molecule has 1 aliphatic heterocycles. The lowest BCUT2D eigenvalue weighted by atomic mass is 10.0. The number of nitriles is 1. The Balaban J connectivity index is 1.95. The summed E-state index contributed by atoms with van der Waals surface area (Å²) >= 11 is 1.45. The molecule has 2 N–H and O–H groups in total. The van der Waals surface area contributed by atoms with E-state index < -0.39 is 34.7 Å². The molecule has 210 valence electrons. The number of anilines is 1. The van der Waals surface area contributed by atoms with Crippen LogP contribution >= 0.6 is 11.8 Å². The van der Waals surface area contributed by atoms with Crippen molar-refractivity contribution in [2.45, 2.75) is 17.4 Å². The fraction of sp³-hybridized carbons (Fsp3) is 0.207. The highest BCUT2D eigenvalue weighted by Crippen LogP contribution is 2.36. The van der Waals surface area contributed by atoms with Gasteiger partial charge in [0.05, 0.1) is 35.3 Å². The zero-order chi connectivity index (χ0) is 29.5. The average Bonchev–Trinajstić information content (AvgIpc) is 2.97. The van der Waals surface area contributed by atoms with Crippen LogP contribution in [0.25, 0.3) is 11.3 Å². The molecule has 12 heteroatoms. The van der Waals surface area contributed by atoms with E-state index in [-0.39, 0.29) is 49.2 Å². The molecule has 0 spiro atoms. The third kappa shape index (κ3) is 6.20. The first-order chi connectivity index (χ1) is 19.8. The first kappa shape index (κ1) is 29.2. The number of benzene rings is 2. The number of amides is 2. The molecule has 9 nitrogen and oxygen atoms in total. The van der Waals surface area contributed by atoms with Crippen molar-refractivity contribution in [1.29, 1.82) is 5.26 Å². The van der Waals surface area contributed by atoms with Crippen molar-refractivity contribution in [2.24, 2.45) is 4.99 Å². The molecule has 0 radical (unpaired) electrons. The molecule has 4 rings (SSSR count). The number of carbonyl (C=O) groups is 2. The number of phenolic OH excluding ortho intramolecular Hbond substituents is 1. The van der Waals surface area contributed by atoms with Crippen molar-refractivity contribution in [3.05, 3.63) is 78.4 Å². The van der Waals surface area contributed by atoms with Gasteiger partial charge >= 0.3 is 0 Å². The minimum atomic E-state index is -0.972. The van der Waals surface area contributed by atoms with E-state index in [1.165, 1.54) is 30.0 Å². The normalized spacial score (nSPS) is 15.3. The number of nitrogens with one attached hydrogen (secondary N) is 1. The lowest BCUT2D eigenvalue weighted by Crippen LogP contribution is -2.56. The summed E-state index contributed by atoms with van der Waals surface area (Å²) in [5.74, 6) is -2.64. The van der Waals surface area contributed by atoms with Crippen molar-refractivity contribution in [3.8, 4) is 23.1 Å². The maximum Gasteiger partial charge on any atom is 0.246 e. The summed E-state index contributed by atoms with van der Waals surface area (Å²) in [7, 11) is 0. The van der Waals surface area contributed by atoms with Crippen molar-refractivity contribution in [3.63, 3.8) is 0 Å². The number of hydrogen-bond donors (Lipinski definition) is 2. The number of para-hydroxylation sites is 1. The molecular weight excluding hydrogens is 550 g/mol. The Bertz CT molecular complexity index is 1540. The predicted octanol–water partition coefficient (Wildman–Crippen LogP) is 4.71. The summed E-state index contributed by atoms with van der Waals surface area (Å²) < 4.78 is 30.4. The first-order valence-electron chi connectivity index (χ1n) is 12.5. The maximum absolute atomic E-state index is 15.7. The summed E-state index contributed by atoms with van der Waals surface area (Å²) in [6.07, 6.45) is 3.43. The van der Waals surface area contributed by atoms with Gasteiger partial charge in [-0.2, -0.15) is 5.26 Å². The maximum atomic E-state index is 15.7. The van der Waals surface area contributed by atoms with E-state index in [4.69, 9.17) is 4.99 Å². The minimum Gasteiger partial charge on any atom is -0.507 e. The Morgan fingerprint density at radius 2 is 2.05 bits per heavy atom. The van der Waals surface area contributed by atoms with Crippen LogP contribution in [0.5, 0.6) is 5.75 Å². The number of carbonyl (C=O) groups excluding carboxylic acids is 2. The number of piperazine rings is 1. The standard InChI is InChI=1S/C29H26F2N6O3S/c1-3-25(40)36-13-14-37(18(16-36)11-12-32)29(34-22-8-4-5-10-24(22)41-2)19-15-21(31)27(35-28(19)33-17-38)26-20(30)7-6-9-23(26)39/h3-10,15,17-18,39H,1,11,13-14,16H2,2H3,(H,33,35,38)/b34-29+. The van der Waals surface area contributed by atoms with Crippen LogP contribution < -0.4 is 5.32 Å². The van der Waals surface area contributed by atoms with Gasteiger partial charge in [-0.1, -0.05) is 24.8 Å². The number of phenols is 1. The molecular formula is C29H26F2N6O3S. The van der Waals surface area contributed by atoms with Crippen molar-refractivity contribution in [1.82, 2.24) is 14.8 Å². The molecule has 2 heterocycles. The van der Waals surface area contributed by atoms with Gasteiger partial charge in [-0.05, 0) is 42.7 Å². The molecule has 1 unspecified atom stereocenters. The second-order valence-electron chi connectivity index (χ2n) is 8.92. The molecule has 1 atom stereocenters. The molecule has 2 aromatic carbocycles. The second-order valence-corrected chi connectivity index (χ2v) is 9.76. The van der Waals surface area contributed by atoms with Crippen LogP contribution in [0.4, 0.5) is 20.3 Å². The Morgan fingerprint density at radius 3 is 2.73 bits per heavy atom. The zero-order valence-electron chi connectivity index (χ0n) is 22.1. The van der Waals surface area contributed by atoms with Crippen LogP contribution in [-0.2, 0) is 9.59 Å². The number of pyridine rings is 1. The lowest BCUT2D eigenvalue weighted by molar-refractivity contribution is -0.128. The number of aromatic hydroxyl groups is 1. The summed E-state index contributed by atoms with van der Waals surface area (Å²) in [5.41, 5.74) is -0.358. The number of rotatable bonds is 8. The molecule has 2 amide bonds. The van der Waals surface area contributed by atoms with E-state index in [1.807, 2.05) is 18.4 Å². The molecule has 1 fully saturated rings. The Hall–Kier alpha value is -4.76. The van der Waals surface area contributed by atoms with Gasteiger partial charge in [0.15, 0.2) is 5.82 Å². The summed E-state index contributed by atoms with van der Waals surface area (Å²) in [6, 6.07) is 13.4. The number of hydrogen-bond acceptors (Lipinski definition) is 7. The van der Waals surface area contributed by atoms with E-state index in [2.05, 4.69) is 22.9 Å². The molecule has 1 saturated heterocycles. The third-order valence-corrected chi connectivity index (χ3v) is 7.31. The van der Waals surface area contributed by atoms with Gasteiger partial charge in [-0.3, -0.25) is 9.59 Å². The lowest BCUT2D eigenvalue weighted by Gasteiger charge is -2.42. The largest absolute Gasteiger partial charge is 0.507 e. The highest BCUT2D eigenvalue weighted by Gasteiger charge is 2.33. The monoisotopic (exact) mass is 576 g/mol. The Kier molecular flexibility index (Phi) is 9.31. The quantitative estimate of drug-likeness (QED) is 0.131. The van der Waals surface area contributed by atoms with Gasteiger partial charge in [-0.25, -0.2) is 18.8 Å². The Labute approximate surface area is 239 Å². The van der Waals surface area contributed by atoms with E-state index in [0.717, 1.165) is 17.0 Å². The highest BCUT2D eigenvalue weighted by atomic mass is 32.2. The van der Waals surface area contributed by atoms with E-state index in [9.17, 15) is 24.3 Å². The number of aromatic nitrogens is 1. The van der Waals surface area contributed by atoms with Gasteiger partial charge < -0.3 is 20.2 Å². The van der Waals surface area contributed by atoms with Crippen LogP contribution in [0.1, 0.15) is 12.0 Å². The molecule has 1 aromatic heterocycles. The van der Waals surface area contributed by atoms with Crippen LogP contribution in [0.2, 0.25) is 0 Å². The van der Waals surface area contributed by atoms with Crippen molar-refractivity contribution < 1.29 is 23.5 Å². The van der Waals surface area contributed by atoms with Crippen LogP contribution in [-0.4, -0.2) is 70.0 Å². The second kappa shape index (κ2) is 13.1. The van der Waals surface area contributed by atoms with Crippen LogP contribution in [0.3, 0.4) is 0 Å². The third-order valence-electron chi connectivity index (χ3n) is 6.52. The Morgan fingerprint density at radius 1 is 1.27 bits per heavy atom. The minimum absolute atomic E-state index is 0.0116. The van der Waals surface area contributed by atoms with Crippen molar-refractivity contribution in [2.75, 3.05) is 31.2 Å². The summed E-state index contributed by atoms with van der Waals surface area (Å²) in [4.78, 5) is 37.2. The van der Waals surface area contributed by atoms with E-state index >= 15 is 4.39 Å². The number of amidine groups is 1. The number of nitrogens with zero attached hydrogens (tertiary/aromatic N) is 5. The van der Waals surface area contributed by atoms with Gasteiger partial charge in [0.1, 0.15) is 28.9 Å². The van der Waals surface area contributed by atoms with Gasteiger partial charge in [-0.15, -0.1) is 11.8 Å². The van der Waals surface area contributed by atoms with Gasteiger partial charge in [0.25, 0.3) is 0 Å². The summed E-state index contributed by atoms with van der Waals surface area (Å²) in [5, 5.41) is 22.3. The predicted molar refractivity (Wildman–Crippen MR) is 153 cm³/mol. The fourth-order valence-electron chi connectivity index (χ4n) is 4.61. The molecule has 0 aliphatic carbocycles. The summed E-state index contributed by atoms with van der Waals surface area (Å²) in [6.45, 7) is 4.21. The molecule has 1 aliphatic rings. The topological polar surface area (TPSA) is 122 Å². The smallest absolute Gasteiger partial charge is 0.246 e. The first-order valence-corrected chi connectivity index (χ1v) is 13.7. The average molecular weight is 577 g/mol. The number of aliphatic imine (C=N–C) groups is 1. The van der Waals surface area contributed by atoms with Crippen LogP contribution in [0, 0.1) is 23.0 Å². The van der Waals surface area contributed by atoms with Crippen molar-refractivity contribution >= 4 is 41.4 Å². The van der Waals surface area contributed by atoms with Gasteiger partial charge in [0, 0.05) is 24.5 Å². The number of thioether (sulfide) groups is 1. The SMILES string of the molecule is C=CC(=O)N1CCN(/C(=N/c2ccccc2SC)c2cc(F)c(-c3c(O)cccc3F)nc2NC=O)C(CC#N)C1. The highest BCUT2D eigenvalue weighted by molar-refractivity contribution is 7.98. The van der Waals surface area contributed by atoms with E-state index in [0.29, 0.717) is 12.1 Å². The van der Waals surface area contributed by atoms with E-state index in [1.54, 1.807) is 21.9 Å². The van der Waals surface area contributed by atoms with Crippen LogP contribution in [0.15, 0.2) is 71.1 Å². The molecule has 41 heavy (non-hydrogen) atoms.